The Morgan fingerprint density at radius 2 is 1.80 bits per heavy atom. The maximum atomic E-state index is 12.5. The third kappa shape index (κ3) is 5.77. The quantitative estimate of drug-likeness (QED) is 0.751. The number of ether oxygens (including phenoxy) is 1. The summed E-state index contributed by atoms with van der Waals surface area (Å²) in [5.74, 6) is -2.04. The molecule has 0 unspecified atom stereocenters. The third-order valence-corrected chi connectivity index (χ3v) is 3.26. The van der Waals surface area contributed by atoms with E-state index >= 15 is 0 Å². The van der Waals surface area contributed by atoms with E-state index in [9.17, 15) is 21.9 Å². The smallest absolute Gasteiger partial charge is 0.478 e. The van der Waals surface area contributed by atoms with Gasteiger partial charge in [0.2, 0.25) is 0 Å². The maximum absolute atomic E-state index is 12.5. The number of carbonyl (C=O) groups excluding carboxylic acids is 1. The Labute approximate surface area is 142 Å². The second kappa shape index (κ2) is 7.62. The normalized spacial score (nSPS) is 10.8. The van der Waals surface area contributed by atoms with Gasteiger partial charge in [0.05, 0.1) is 11.3 Å². The van der Waals surface area contributed by atoms with Gasteiger partial charge in [-0.3, -0.25) is 5.32 Å². The average Bonchev–Trinajstić information content (AvgIpc) is 2.54. The number of carboxylic acids is 1. The highest BCUT2D eigenvalue weighted by molar-refractivity contribution is 7.81. The number of hydrogen-bond acceptors (Lipinski definition) is 6. The zero-order valence-electron chi connectivity index (χ0n) is 12.5. The number of amides is 1. The van der Waals surface area contributed by atoms with E-state index in [4.69, 9.17) is 9.84 Å². The fourth-order valence-corrected chi connectivity index (χ4v) is 2.18. The van der Waals surface area contributed by atoms with Crippen LogP contribution in [0.15, 0.2) is 48.5 Å². The number of benzene rings is 2. The van der Waals surface area contributed by atoms with E-state index in [1.165, 1.54) is 0 Å². The minimum absolute atomic E-state index is 0.0314. The predicted molar refractivity (Wildman–Crippen MR) is 84.3 cm³/mol. The summed E-state index contributed by atoms with van der Waals surface area (Å²) < 4.78 is 42.3. The summed E-state index contributed by atoms with van der Waals surface area (Å²) in [4.78, 5) is 23.0. The zero-order chi connectivity index (χ0) is 18.4. The summed E-state index contributed by atoms with van der Waals surface area (Å²) in [7, 11) is -5.30. The van der Waals surface area contributed by atoms with Crippen molar-refractivity contribution in [3.8, 4) is 5.75 Å². The van der Waals surface area contributed by atoms with Gasteiger partial charge in [0.25, 0.3) is 0 Å². The fraction of sp³-hybridized carbons (Fsp3) is 0.0667. The second-order valence-corrected chi connectivity index (χ2v) is 5.63. The molecule has 0 aliphatic rings. The molecule has 0 saturated heterocycles. The summed E-state index contributed by atoms with van der Waals surface area (Å²) >= 11 is 0. The van der Waals surface area contributed by atoms with Crippen LogP contribution in [0.5, 0.6) is 5.75 Å². The van der Waals surface area contributed by atoms with Crippen LogP contribution in [0.4, 0.5) is 14.4 Å². The van der Waals surface area contributed by atoms with Crippen molar-refractivity contribution in [2.24, 2.45) is 0 Å². The first-order valence-corrected chi connectivity index (χ1v) is 8.04. The molecule has 0 radical (unpaired) electrons. The van der Waals surface area contributed by atoms with Gasteiger partial charge in [-0.25, -0.2) is 9.59 Å². The topological polar surface area (TPSA) is 119 Å². The number of rotatable bonds is 6. The van der Waals surface area contributed by atoms with E-state index in [0.29, 0.717) is 0 Å². The lowest BCUT2D eigenvalue weighted by Crippen LogP contribution is -2.16. The third-order valence-electron chi connectivity index (χ3n) is 2.87. The molecule has 0 aromatic heterocycles. The Bertz CT molecular complexity index is 884. The molecule has 0 aliphatic heterocycles. The van der Waals surface area contributed by atoms with Crippen LogP contribution in [-0.4, -0.2) is 25.6 Å². The molecule has 132 valence electrons. The van der Waals surface area contributed by atoms with E-state index in [2.05, 4.69) is 9.50 Å². The van der Waals surface area contributed by atoms with Crippen LogP contribution in [0.25, 0.3) is 0 Å². The molecule has 2 aromatic carbocycles. The fourth-order valence-electron chi connectivity index (χ4n) is 1.85. The van der Waals surface area contributed by atoms with E-state index in [1.54, 1.807) is 30.3 Å². The van der Waals surface area contributed by atoms with Gasteiger partial charge in [-0.2, -0.15) is 8.42 Å². The maximum Gasteiger partial charge on any atom is 0.488 e. The summed E-state index contributed by atoms with van der Waals surface area (Å²) in [6, 6.07) is 11.6. The van der Waals surface area contributed by atoms with Crippen LogP contribution in [-0.2, 0) is 21.8 Å². The average molecular weight is 369 g/mol. The van der Waals surface area contributed by atoms with Gasteiger partial charge >= 0.3 is 22.6 Å². The number of carbonyl (C=O) groups is 2. The summed E-state index contributed by atoms with van der Waals surface area (Å²) in [6.45, 7) is -0.0314. The Kier molecular flexibility index (Phi) is 5.55. The molecule has 0 aliphatic carbocycles. The molecule has 0 bridgehead atoms. The van der Waals surface area contributed by atoms with Crippen molar-refractivity contribution in [1.82, 2.24) is 0 Å². The highest BCUT2D eigenvalue weighted by Gasteiger charge is 2.17. The van der Waals surface area contributed by atoms with Gasteiger partial charge in [0.15, 0.2) is 0 Å². The molecule has 1 amide bonds. The highest BCUT2D eigenvalue weighted by atomic mass is 32.3. The summed E-state index contributed by atoms with van der Waals surface area (Å²) in [6.07, 6.45) is -0.918. The molecule has 2 N–H and O–H groups in total. The molecule has 2 aromatic rings. The van der Waals surface area contributed by atoms with Crippen LogP contribution < -0.4 is 9.50 Å². The van der Waals surface area contributed by atoms with Crippen molar-refractivity contribution in [1.29, 1.82) is 0 Å². The molecule has 2 rings (SSSR count). The Morgan fingerprint density at radius 1 is 1.12 bits per heavy atom. The van der Waals surface area contributed by atoms with Crippen molar-refractivity contribution in [3.05, 3.63) is 59.7 Å². The van der Waals surface area contributed by atoms with Crippen molar-refractivity contribution < 1.29 is 35.9 Å². The molecule has 8 nitrogen and oxygen atoms in total. The molecule has 25 heavy (non-hydrogen) atoms. The molecule has 0 atom stereocenters. The minimum Gasteiger partial charge on any atom is -0.478 e. The Hall–Kier alpha value is -3.14. The van der Waals surface area contributed by atoms with Gasteiger partial charge in [0, 0.05) is 0 Å². The number of halogens is 1. The van der Waals surface area contributed by atoms with Gasteiger partial charge < -0.3 is 14.0 Å². The van der Waals surface area contributed by atoms with E-state index < -0.39 is 33.9 Å². The monoisotopic (exact) mass is 369 g/mol. The largest absolute Gasteiger partial charge is 0.488 e. The van der Waals surface area contributed by atoms with Crippen molar-refractivity contribution in [2.45, 2.75) is 6.61 Å². The molecule has 10 heteroatoms. The number of anilines is 1. The predicted octanol–water partition coefficient (Wildman–Crippen LogP) is 2.73. The lowest BCUT2D eigenvalue weighted by atomic mass is 10.1. The van der Waals surface area contributed by atoms with Crippen LogP contribution in [0.3, 0.4) is 0 Å². The summed E-state index contributed by atoms with van der Waals surface area (Å²) in [5.41, 5.74) is 0.0555. The highest BCUT2D eigenvalue weighted by Crippen LogP contribution is 2.24. The first-order valence-electron chi connectivity index (χ1n) is 6.74. The van der Waals surface area contributed by atoms with Gasteiger partial charge in [-0.15, -0.1) is 0 Å². The van der Waals surface area contributed by atoms with Crippen LogP contribution in [0.1, 0.15) is 15.9 Å². The zero-order valence-corrected chi connectivity index (χ0v) is 13.3. The van der Waals surface area contributed by atoms with Crippen molar-refractivity contribution in [3.63, 3.8) is 0 Å². The SMILES string of the molecule is O=C(Nc1ccc(OS(=O)(=O)F)cc1C(=O)O)OCc1ccccc1. The number of aromatic carboxylic acids is 1. The van der Waals surface area contributed by atoms with Gasteiger partial charge in [-0.05, 0) is 23.8 Å². The van der Waals surface area contributed by atoms with E-state index in [-0.39, 0.29) is 12.3 Å². The lowest BCUT2D eigenvalue weighted by Gasteiger charge is -2.10. The lowest BCUT2D eigenvalue weighted by molar-refractivity contribution is 0.0697. The molecule has 0 spiro atoms. The van der Waals surface area contributed by atoms with Crippen molar-refractivity contribution >= 4 is 28.3 Å². The molecule has 0 fully saturated rings. The minimum atomic E-state index is -5.30. The standard InChI is InChI=1S/C15H12FNO7S/c16-25(21,22)24-11-6-7-13(12(8-11)14(18)19)17-15(20)23-9-10-4-2-1-3-5-10/h1-8H,9H2,(H,17,20)(H,18,19). The van der Waals surface area contributed by atoms with Crippen LogP contribution >= 0.6 is 0 Å². The number of hydrogen-bond donors (Lipinski definition) is 2. The second-order valence-electron chi connectivity index (χ2n) is 4.68. The Morgan fingerprint density at radius 3 is 2.40 bits per heavy atom. The van der Waals surface area contributed by atoms with Crippen LogP contribution in [0.2, 0.25) is 0 Å². The van der Waals surface area contributed by atoms with E-state index in [0.717, 1.165) is 23.8 Å². The molecular formula is C15H12FNO7S. The molecule has 0 saturated carbocycles. The van der Waals surface area contributed by atoms with E-state index in [1.807, 2.05) is 0 Å². The van der Waals surface area contributed by atoms with Crippen molar-refractivity contribution in [2.75, 3.05) is 5.32 Å². The Balaban J connectivity index is 2.10. The van der Waals surface area contributed by atoms with Gasteiger partial charge in [-0.1, -0.05) is 34.2 Å². The number of nitrogens with one attached hydrogen (secondary N) is 1. The number of carboxylic acid groups (broad SMARTS) is 1. The molecule has 0 heterocycles. The summed E-state index contributed by atoms with van der Waals surface area (Å²) in [5, 5.41) is 11.3. The first-order chi connectivity index (χ1) is 11.7. The van der Waals surface area contributed by atoms with Crippen LogP contribution in [0, 0.1) is 0 Å². The first kappa shape index (κ1) is 18.2. The van der Waals surface area contributed by atoms with Gasteiger partial charge in [0.1, 0.15) is 12.4 Å². The molecular weight excluding hydrogens is 357 g/mol.